The monoisotopic (exact) mass is 1440 g/mol. The Labute approximate surface area is 637 Å². The molecule has 0 spiro atoms. The molecule has 0 fully saturated rings. The third-order valence-electron chi connectivity index (χ3n) is 22.1. The Morgan fingerprint density at radius 2 is 0.645 bits per heavy atom. The van der Waals surface area contributed by atoms with Crippen molar-refractivity contribution in [2.45, 2.75) is 0 Å². The zero-order chi connectivity index (χ0) is 72.1. The summed E-state index contributed by atoms with van der Waals surface area (Å²) in [6, 6.07) is 123. The van der Waals surface area contributed by atoms with Crippen LogP contribution in [0.2, 0.25) is 0 Å². The number of aromatic nitrogens is 7. The maximum Gasteiger partial charge on any atom is 0.160 e. The van der Waals surface area contributed by atoms with Gasteiger partial charge in [-0.25, -0.2) is 29.9 Å². The first kappa shape index (κ1) is 62.1. The fourth-order valence-corrected chi connectivity index (χ4v) is 19.4. The summed E-state index contributed by atoms with van der Waals surface area (Å²) in [5, 5.41) is 15.7. The summed E-state index contributed by atoms with van der Waals surface area (Å²) in [7, 11) is 0. The van der Waals surface area contributed by atoms with Crippen molar-refractivity contribution in [2.24, 2.45) is 0 Å². The van der Waals surface area contributed by atoms with Gasteiger partial charge in [0.25, 0.3) is 0 Å². The molecule has 8 nitrogen and oxygen atoms in total. The number of thiophene rings is 2. The Kier molecular flexibility index (Phi) is 13.9. The molecule has 110 heavy (non-hydrogen) atoms. The summed E-state index contributed by atoms with van der Waals surface area (Å²) in [6.07, 6.45) is 0. The second-order valence-corrected chi connectivity index (χ2v) is 30.4. The fourth-order valence-electron chi connectivity index (χ4n) is 17.0. The van der Waals surface area contributed by atoms with Gasteiger partial charge in [0.1, 0.15) is 11.2 Å². The van der Waals surface area contributed by atoms with E-state index in [1.807, 2.05) is 40.9 Å². The van der Waals surface area contributed by atoms with Gasteiger partial charge in [0.2, 0.25) is 0 Å². The Bertz CT molecular complexity index is 7770. The summed E-state index contributed by atoms with van der Waals surface area (Å²) < 4.78 is 13.7. The average molecular weight is 1440 g/mol. The molecule has 10 heteroatoms. The van der Waals surface area contributed by atoms with Crippen LogP contribution in [0.1, 0.15) is 0 Å². The summed E-state index contributed by atoms with van der Waals surface area (Å²) >= 11 is 3.62. The molecule has 8 aromatic heterocycles. The van der Waals surface area contributed by atoms with Crippen LogP contribution in [-0.2, 0) is 0 Å². The van der Waals surface area contributed by atoms with Crippen molar-refractivity contribution in [3.05, 3.63) is 346 Å². The molecule has 0 atom stereocenters. The van der Waals surface area contributed by atoms with Gasteiger partial charge >= 0.3 is 0 Å². The molecule has 23 rings (SSSR count). The second kappa shape index (κ2) is 24.7. The number of rotatable bonds is 10. The molecule has 0 N–H and O–H groups in total. The van der Waals surface area contributed by atoms with Crippen molar-refractivity contribution < 1.29 is 4.42 Å². The maximum atomic E-state index is 6.52. The summed E-state index contributed by atoms with van der Waals surface area (Å²) in [5.41, 5.74) is 21.9. The molecule has 510 valence electrons. The molecule has 0 aliphatic rings. The van der Waals surface area contributed by atoms with Crippen molar-refractivity contribution in [3.63, 3.8) is 0 Å². The SMILES string of the molecule is c1cc(-c2ccc(-c3nc(-c4ccc(-c5nc6c7ccccc7sc6c6ccccc56)c5ccccc45)cc(-c4cccc5oc6ccccc6c45)n3)cc2)cc(-c2cc(-c3ccc(-c4nc5c6ccccc6sc5c5ccccc45)c4ccccc34)nc(-c3cccc(-n4c5ccccc5c5ccccc54)c3)n2)c1. The minimum atomic E-state index is 0.601. The first-order chi connectivity index (χ1) is 54.5. The van der Waals surface area contributed by atoms with Crippen molar-refractivity contribution in [2.75, 3.05) is 0 Å². The quantitative estimate of drug-likeness (QED) is 0.135. The molecule has 0 amide bonds. The van der Waals surface area contributed by atoms with Crippen LogP contribution in [0.4, 0.5) is 0 Å². The lowest BCUT2D eigenvalue weighted by molar-refractivity contribution is 0.669. The van der Waals surface area contributed by atoms with Crippen LogP contribution in [0, 0.1) is 0 Å². The molecule has 0 aliphatic heterocycles. The van der Waals surface area contributed by atoms with Crippen molar-refractivity contribution in [3.8, 4) is 107 Å². The second-order valence-electron chi connectivity index (χ2n) is 28.3. The number of hydrogen-bond acceptors (Lipinski definition) is 9. The van der Waals surface area contributed by atoms with Gasteiger partial charge in [0.15, 0.2) is 11.6 Å². The molecule has 0 saturated heterocycles. The number of para-hydroxylation sites is 3. The highest BCUT2D eigenvalue weighted by molar-refractivity contribution is 7.27. The van der Waals surface area contributed by atoms with E-state index >= 15 is 0 Å². The van der Waals surface area contributed by atoms with Gasteiger partial charge in [-0.3, -0.25) is 0 Å². The predicted molar refractivity (Wildman–Crippen MR) is 460 cm³/mol. The predicted octanol–water partition coefficient (Wildman–Crippen LogP) is 27.4. The molecule has 0 bridgehead atoms. The van der Waals surface area contributed by atoms with Crippen molar-refractivity contribution >= 4 is 150 Å². The van der Waals surface area contributed by atoms with E-state index in [0.29, 0.717) is 11.6 Å². The fraction of sp³-hybridized carbons (Fsp3) is 0. The molecule has 15 aromatic carbocycles. The van der Waals surface area contributed by atoms with E-state index in [9.17, 15) is 0 Å². The summed E-state index contributed by atoms with van der Waals surface area (Å²) in [6.45, 7) is 0. The van der Waals surface area contributed by atoms with Crippen LogP contribution < -0.4 is 0 Å². The number of hydrogen-bond donors (Lipinski definition) is 0. The van der Waals surface area contributed by atoms with Crippen molar-refractivity contribution in [1.29, 1.82) is 0 Å². The molecular formula is C100H57N7OS2. The normalized spacial score (nSPS) is 12.0. The Hall–Kier alpha value is -14.2. The molecule has 8 heterocycles. The minimum absolute atomic E-state index is 0.601. The maximum absolute atomic E-state index is 6.52. The molecule has 0 radical (unpaired) electrons. The molecule has 0 saturated carbocycles. The highest BCUT2D eigenvalue weighted by Crippen LogP contribution is 2.48. The van der Waals surface area contributed by atoms with E-state index in [2.05, 4.69) is 332 Å². The zero-order valence-electron chi connectivity index (χ0n) is 58.8. The number of pyridine rings is 2. The zero-order valence-corrected chi connectivity index (χ0v) is 60.4. The number of fused-ring (bicyclic) bond motifs is 18. The van der Waals surface area contributed by atoms with Gasteiger partial charge < -0.3 is 8.98 Å². The van der Waals surface area contributed by atoms with Gasteiger partial charge in [0, 0.05) is 113 Å². The average Bonchev–Trinajstić information content (AvgIpc) is 1.47. The van der Waals surface area contributed by atoms with Gasteiger partial charge in [0.05, 0.1) is 65.6 Å². The van der Waals surface area contributed by atoms with Gasteiger partial charge in [-0.15, -0.1) is 22.7 Å². The van der Waals surface area contributed by atoms with E-state index in [-0.39, 0.29) is 0 Å². The van der Waals surface area contributed by atoms with Gasteiger partial charge in [-0.1, -0.05) is 279 Å². The highest BCUT2D eigenvalue weighted by Gasteiger charge is 2.25. The van der Waals surface area contributed by atoms with Gasteiger partial charge in [-0.2, -0.15) is 0 Å². The topological polar surface area (TPSA) is 95.4 Å². The minimum Gasteiger partial charge on any atom is -0.456 e. The van der Waals surface area contributed by atoms with Gasteiger partial charge in [-0.05, 0) is 99.4 Å². The Balaban J connectivity index is 0.661. The van der Waals surface area contributed by atoms with Crippen LogP contribution in [0.25, 0.3) is 235 Å². The van der Waals surface area contributed by atoms with Crippen LogP contribution in [0.3, 0.4) is 0 Å². The Morgan fingerprint density at radius 1 is 0.236 bits per heavy atom. The Morgan fingerprint density at radius 3 is 1.24 bits per heavy atom. The smallest absolute Gasteiger partial charge is 0.160 e. The lowest BCUT2D eigenvalue weighted by atomic mass is 9.93. The summed E-state index contributed by atoms with van der Waals surface area (Å²) in [4.78, 5) is 33.5. The lowest BCUT2D eigenvalue weighted by Crippen LogP contribution is -1.99. The standard InChI is InChI=1S/C100H57N7OS2/c1-3-28-66-64(26-1)68(50-52-74(66)93-72-32-5-7-34-76(72)97-95(105-93)80-37-12-17-44-90(80)109-97)83-56-82(101-100(103-83)62-24-20-25-63(55-62)107-86-40-14-9-30-70(86)71-31-10-15-41-87(71)107)61-23-19-22-60(54-61)58-46-48-59(49-47-58)99-102-84(57-85(104-99)78-39-21-43-89-92(78)79-36-11-16-42-88(79)108-89)69-51-53-75(67-29-4-2-27-65(67)69)94-73-33-6-8-35-77(73)98-96(106-94)81-38-13-18-45-91(81)110-98/h1-57H. The molecule has 0 unspecified atom stereocenters. The third-order valence-corrected chi connectivity index (χ3v) is 24.4. The summed E-state index contributed by atoms with van der Waals surface area (Å²) in [5.74, 6) is 1.22. The van der Waals surface area contributed by atoms with Crippen LogP contribution in [-0.4, -0.2) is 34.5 Å². The number of nitrogens with zero attached hydrogens (tertiary/aromatic N) is 7. The van der Waals surface area contributed by atoms with Crippen LogP contribution in [0.15, 0.2) is 350 Å². The number of benzene rings is 15. The highest BCUT2D eigenvalue weighted by atomic mass is 32.1. The van der Waals surface area contributed by atoms with Crippen LogP contribution in [0.5, 0.6) is 0 Å². The molecule has 0 aliphatic carbocycles. The van der Waals surface area contributed by atoms with E-state index in [1.54, 1.807) is 0 Å². The molecule has 23 aromatic rings. The van der Waals surface area contributed by atoms with E-state index < -0.39 is 0 Å². The van der Waals surface area contributed by atoms with E-state index in [1.165, 1.54) is 51.1 Å². The first-order valence-corrected chi connectivity index (χ1v) is 38.6. The first-order valence-electron chi connectivity index (χ1n) is 37.0. The number of furan rings is 1. The van der Waals surface area contributed by atoms with E-state index in [0.717, 1.165) is 172 Å². The lowest BCUT2D eigenvalue weighted by Gasteiger charge is -2.16. The van der Waals surface area contributed by atoms with E-state index in [4.69, 9.17) is 34.3 Å². The van der Waals surface area contributed by atoms with Crippen molar-refractivity contribution in [1.82, 2.24) is 34.5 Å². The van der Waals surface area contributed by atoms with Crippen LogP contribution >= 0.6 is 22.7 Å². The largest absolute Gasteiger partial charge is 0.456 e. The molecular weight excluding hydrogens is 1380 g/mol. The third kappa shape index (κ3) is 9.83.